The van der Waals surface area contributed by atoms with E-state index in [9.17, 15) is 11.0 Å². The Morgan fingerprint density at radius 1 is 0.254 bits per heavy atom. The molecule has 0 aliphatic carbocycles. The van der Waals surface area contributed by atoms with Crippen molar-refractivity contribution in [3.63, 3.8) is 0 Å². The number of fused-ring (bicyclic) bond motifs is 6. The molecule has 0 amide bonds. The Bertz CT molecular complexity index is 3740. The van der Waals surface area contributed by atoms with Crippen LogP contribution in [0.3, 0.4) is 0 Å². The molecule has 0 N–H and O–H groups in total. The van der Waals surface area contributed by atoms with Crippen LogP contribution in [-0.2, 0) is 0 Å². The summed E-state index contributed by atoms with van der Waals surface area (Å²) in [4.78, 5) is 1.37. The minimum absolute atomic E-state index is 0.106. The molecule has 0 spiro atoms. The highest BCUT2D eigenvalue weighted by Gasteiger charge is 2.17. The monoisotopic (exact) mass is 757 g/mol. The molecule has 0 atom stereocenters. The lowest BCUT2D eigenvalue weighted by atomic mass is 9.93. The minimum Gasteiger partial charge on any atom is -0.311 e. The molecule has 59 heavy (non-hydrogen) atoms. The van der Waals surface area contributed by atoms with Gasteiger partial charge in [-0.1, -0.05) is 188 Å². The van der Waals surface area contributed by atoms with Crippen LogP contribution in [0.25, 0.3) is 87.6 Å². The first-order chi connectivity index (χ1) is 32.6. The van der Waals surface area contributed by atoms with Gasteiger partial charge in [-0.2, -0.15) is 0 Å². The number of rotatable bonds is 7. The van der Waals surface area contributed by atoms with Crippen LogP contribution in [0, 0.1) is 0 Å². The maximum atomic E-state index is 9.77. The van der Waals surface area contributed by atoms with Crippen molar-refractivity contribution in [1.29, 1.82) is 0 Å². The number of hydrogen-bond donors (Lipinski definition) is 0. The summed E-state index contributed by atoms with van der Waals surface area (Å²) >= 11 is 0. The highest BCUT2D eigenvalue weighted by molar-refractivity contribution is 6.15. The summed E-state index contributed by atoms with van der Waals surface area (Å²) < 4.78 is 77.4. The van der Waals surface area contributed by atoms with Crippen molar-refractivity contribution in [2.75, 3.05) is 4.90 Å². The Labute approximate surface area is 356 Å². The smallest absolute Gasteiger partial charge is 0.0645 e. The summed E-state index contributed by atoms with van der Waals surface area (Å²) in [5.74, 6) is 0. The third-order valence-corrected chi connectivity index (χ3v) is 11.2. The van der Waals surface area contributed by atoms with Gasteiger partial charge >= 0.3 is 0 Å². The summed E-state index contributed by atoms with van der Waals surface area (Å²) in [6, 6.07) is 57.6. The topological polar surface area (TPSA) is 3.24 Å². The Morgan fingerprint density at radius 2 is 0.627 bits per heavy atom. The highest BCUT2D eigenvalue weighted by atomic mass is 15.1. The molecule has 0 heterocycles. The van der Waals surface area contributed by atoms with Gasteiger partial charge in [-0.05, 0) is 136 Å². The molecule has 0 aliphatic rings. The summed E-state index contributed by atoms with van der Waals surface area (Å²) in [6.07, 6.45) is 0. The second kappa shape index (κ2) is 14.6. The van der Waals surface area contributed by atoms with E-state index < -0.39 is 24.2 Å². The van der Waals surface area contributed by atoms with Crippen molar-refractivity contribution in [2.24, 2.45) is 0 Å². The van der Waals surface area contributed by atoms with E-state index in [1.807, 2.05) is 133 Å². The van der Waals surface area contributed by atoms with Gasteiger partial charge in [0.15, 0.2) is 0 Å². The lowest BCUT2D eigenvalue weighted by Crippen LogP contribution is -2.09. The van der Waals surface area contributed by atoms with Crippen LogP contribution in [0.15, 0.2) is 236 Å². The fourth-order valence-corrected chi connectivity index (χ4v) is 8.39. The predicted octanol–water partition coefficient (Wildman–Crippen LogP) is 16.4. The number of nitrogens with zero attached hydrogens (tertiary/aromatic N) is 1. The zero-order valence-electron chi connectivity index (χ0n) is 39.8. The lowest BCUT2D eigenvalue weighted by Gasteiger charge is -2.26. The van der Waals surface area contributed by atoms with E-state index in [4.69, 9.17) is 0 Å². The second-order valence-corrected chi connectivity index (χ2v) is 14.6. The first kappa shape index (κ1) is 27.0. The van der Waals surface area contributed by atoms with Gasteiger partial charge in [-0.25, -0.2) is 0 Å². The van der Waals surface area contributed by atoms with E-state index in [1.54, 1.807) is 24.3 Å². The van der Waals surface area contributed by atoms with Gasteiger partial charge in [-0.15, -0.1) is 0 Å². The van der Waals surface area contributed by atoms with E-state index in [-0.39, 0.29) is 46.7 Å². The quantitative estimate of drug-likeness (QED) is 0.146. The van der Waals surface area contributed by atoms with Gasteiger partial charge < -0.3 is 4.90 Å². The molecule has 11 aromatic carbocycles. The third-order valence-electron chi connectivity index (χ3n) is 11.2. The van der Waals surface area contributed by atoms with Crippen molar-refractivity contribution >= 4 is 60.2 Å². The van der Waals surface area contributed by atoms with E-state index >= 15 is 0 Å². The van der Waals surface area contributed by atoms with Crippen molar-refractivity contribution in [2.45, 2.75) is 0 Å². The zero-order chi connectivity index (χ0) is 46.1. The molecule has 11 rings (SSSR count). The molecule has 0 saturated heterocycles. The Hall–Kier alpha value is -7.74. The highest BCUT2D eigenvalue weighted by Crippen LogP contribution is 2.42. The Kier molecular flexibility index (Phi) is 6.70. The molecule has 1 nitrogen and oxygen atoms in total. The van der Waals surface area contributed by atoms with Crippen LogP contribution in [0.2, 0.25) is 0 Å². The summed E-state index contributed by atoms with van der Waals surface area (Å²) in [5, 5.41) is 7.92. The average Bonchev–Trinajstić information content (AvgIpc) is 3.37. The molecule has 276 valence electrons. The van der Waals surface area contributed by atoms with Crippen molar-refractivity contribution in [3.8, 4) is 44.5 Å². The molecule has 0 fully saturated rings. The van der Waals surface area contributed by atoms with Gasteiger partial charge in [0.1, 0.15) is 0 Å². The first-order valence-corrected chi connectivity index (χ1v) is 19.7. The zero-order valence-corrected chi connectivity index (χ0v) is 31.8. The van der Waals surface area contributed by atoms with Gasteiger partial charge in [0.05, 0.1) is 11.0 Å². The van der Waals surface area contributed by atoms with Crippen molar-refractivity contribution in [3.05, 3.63) is 236 Å². The fourth-order valence-electron chi connectivity index (χ4n) is 8.39. The minimum atomic E-state index is -0.398. The third kappa shape index (κ3) is 6.21. The fraction of sp³-hybridized carbons (Fsp3) is 0. The SMILES string of the molecule is [2H]c1c([2H])c(N(c2ccc(-c3cc4ccccc4c4ccccc34)cc2)c2c([2H])c([2H])c(-c3cc4ccccc4c4ccccc34)c([2H])c2[2H])c([2H])c([2H])c1-c1ccccc1-c1ccccc1. The Morgan fingerprint density at radius 3 is 1.15 bits per heavy atom. The van der Waals surface area contributed by atoms with Crippen LogP contribution in [0.5, 0.6) is 0 Å². The van der Waals surface area contributed by atoms with Gasteiger partial charge in [0, 0.05) is 17.1 Å². The molecule has 0 bridgehead atoms. The molecule has 11 aromatic rings. The predicted molar refractivity (Wildman–Crippen MR) is 253 cm³/mol. The van der Waals surface area contributed by atoms with Crippen LogP contribution in [0.1, 0.15) is 11.0 Å². The van der Waals surface area contributed by atoms with Crippen LogP contribution >= 0.6 is 0 Å². The van der Waals surface area contributed by atoms with Crippen LogP contribution in [0.4, 0.5) is 17.1 Å². The van der Waals surface area contributed by atoms with Crippen molar-refractivity contribution in [1.82, 2.24) is 0 Å². The second-order valence-electron chi connectivity index (χ2n) is 14.6. The molecular weight excluding hydrogens is 711 g/mol. The first-order valence-electron chi connectivity index (χ1n) is 23.7. The maximum Gasteiger partial charge on any atom is 0.0645 e. The van der Waals surface area contributed by atoms with E-state index in [2.05, 4.69) is 30.3 Å². The van der Waals surface area contributed by atoms with Crippen molar-refractivity contribution < 1.29 is 11.0 Å². The largest absolute Gasteiger partial charge is 0.311 e. The molecule has 0 radical (unpaired) electrons. The number of benzene rings is 11. The van der Waals surface area contributed by atoms with Gasteiger partial charge in [-0.3, -0.25) is 0 Å². The Balaban J connectivity index is 1.15. The summed E-state index contributed by atoms with van der Waals surface area (Å²) in [5.41, 5.74) is 4.65. The molecule has 0 aliphatic heterocycles. The standard InChI is InChI=1S/C58H39N/c1-2-14-40(15-3-1)49-18-8-9-19-50(49)41-26-32-46(33-27-41)59(47-34-28-42(29-35-47)57-38-44-16-4-6-20-51(44)53-22-10-12-24-55(53)57)48-36-30-43(31-37-48)58-39-45-17-5-7-21-52(45)54-23-11-13-25-56(54)58/h1-39H/i26D,27D,28D,29D,32D,33D,34D,35D. The molecule has 0 unspecified atom stereocenters. The van der Waals surface area contributed by atoms with E-state index in [0.717, 1.165) is 65.3 Å². The molecule has 0 saturated carbocycles. The lowest BCUT2D eigenvalue weighted by molar-refractivity contribution is 1.28. The molecule has 0 aromatic heterocycles. The summed E-state index contributed by atoms with van der Waals surface area (Å²) in [6.45, 7) is 0. The van der Waals surface area contributed by atoms with E-state index in [0.29, 0.717) is 16.8 Å². The normalized spacial score (nSPS) is 13.3. The van der Waals surface area contributed by atoms with Gasteiger partial charge in [0.25, 0.3) is 0 Å². The number of anilines is 3. The van der Waals surface area contributed by atoms with Crippen LogP contribution in [-0.4, -0.2) is 0 Å². The maximum absolute atomic E-state index is 9.77. The van der Waals surface area contributed by atoms with Crippen LogP contribution < -0.4 is 4.90 Å². The van der Waals surface area contributed by atoms with Gasteiger partial charge in [0.2, 0.25) is 0 Å². The number of hydrogen-bond acceptors (Lipinski definition) is 1. The molecule has 1 heteroatoms. The average molecular weight is 758 g/mol. The molecular formula is C58H39N. The summed E-state index contributed by atoms with van der Waals surface area (Å²) in [7, 11) is 0. The van der Waals surface area contributed by atoms with E-state index in [1.165, 1.54) is 4.90 Å².